The first-order chi connectivity index (χ1) is 12.2. The van der Waals surface area contributed by atoms with E-state index in [1.165, 1.54) is 0 Å². The Bertz CT molecular complexity index is 1130. The van der Waals surface area contributed by atoms with Gasteiger partial charge in [-0.1, -0.05) is 35.1 Å². The highest BCUT2D eigenvalue weighted by Gasteiger charge is 2.21. The van der Waals surface area contributed by atoms with Crippen molar-refractivity contribution >= 4 is 31.6 Å². The number of aromatic nitrogens is 1. The summed E-state index contributed by atoms with van der Waals surface area (Å²) >= 11 is 1.07. The van der Waals surface area contributed by atoms with Crippen molar-refractivity contribution in [3.8, 4) is 0 Å². The van der Waals surface area contributed by atoms with Gasteiger partial charge in [-0.3, -0.25) is 9.36 Å². The lowest BCUT2D eigenvalue weighted by Crippen LogP contribution is -2.27. The van der Waals surface area contributed by atoms with Crippen LogP contribution in [0.15, 0.2) is 46.1 Å². The molecule has 0 aliphatic heterocycles. The van der Waals surface area contributed by atoms with Gasteiger partial charge < -0.3 is 0 Å². The summed E-state index contributed by atoms with van der Waals surface area (Å²) in [6.07, 6.45) is 0. The zero-order chi connectivity index (χ0) is 19.1. The molecule has 1 N–H and O–H groups in total. The summed E-state index contributed by atoms with van der Waals surface area (Å²) in [5, 5.41) is 0. The first-order valence-electron chi connectivity index (χ1n) is 8.46. The van der Waals surface area contributed by atoms with Crippen LogP contribution in [0.25, 0.3) is 10.2 Å². The highest BCUT2D eigenvalue weighted by molar-refractivity contribution is 7.89. The molecule has 0 spiro atoms. The summed E-state index contributed by atoms with van der Waals surface area (Å²) in [4.78, 5) is 12.1. The number of benzene rings is 2. The van der Waals surface area contributed by atoms with Gasteiger partial charge >= 0.3 is 4.87 Å². The molecule has 138 valence electrons. The minimum atomic E-state index is -3.69. The first kappa shape index (κ1) is 18.8. The number of nitrogens with zero attached hydrogens (tertiary/aromatic N) is 1. The van der Waals surface area contributed by atoms with Gasteiger partial charge in [0.2, 0.25) is 10.0 Å². The van der Waals surface area contributed by atoms with Crippen LogP contribution in [-0.2, 0) is 16.6 Å². The number of hydrogen-bond acceptors (Lipinski definition) is 4. The Balaban J connectivity index is 1.96. The van der Waals surface area contributed by atoms with Crippen LogP contribution in [-0.4, -0.2) is 13.0 Å². The van der Waals surface area contributed by atoms with Gasteiger partial charge in [0.1, 0.15) is 0 Å². The fraction of sp³-hybridized carbons (Fsp3) is 0.316. The molecule has 1 atom stereocenters. The molecule has 1 aromatic heterocycles. The summed E-state index contributed by atoms with van der Waals surface area (Å²) in [6.45, 7) is 8.25. The maximum absolute atomic E-state index is 12.8. The molecular formula is C19H22N2O3S2. The zero-order valence-corrected chi connectivity index (χ0v) is 16.9. The van der Waals surface area contributed by atoms with E-state index >= 15 is 0 Å². The highest BCUT2D eigenvalue weighted by atomic mass is 32.2. The lowest BCUT2D eigenvalue weighted by Gasteiger charge is -2.17. The molecule has 0 aliphatic rings. The number of fused-ring (bicyclic) bond motifs is 1. The second-order valence-electron chi connectivity index (χ2n) is 6.44. The fourth-order valence-electron chi connectivity index (χ4n) is 3.10. The number of thiazole rings is 1. The van der Waals surface area contributed by atoms with Gasteiger partial charge in [-0.2, -0.15) is 0 Å². The largest absolute Gasteiger partial charge is 0.308 e. The van der Waals surface area contributed by atoms with Crippen LogP contribution in [0.3, 0.4) is 0 Å². The van der Waals surface area contributed by atoms with Crippen molar-refractivity contribution in [1.82, 2.24) is 9.29 Å². The maximum Gasteiger partial charge on any atom is 0.308 e. The third kappa shape index (κ3) is 3.47. The van der Waals surface area contributed by atoms with E-state index in [9.17, 15) is 13.2 Å². The first-order valence-corrected chi connectivity index (χ1v) is 10.8. The molecule has 0 unspecified atom stereocenters. The molecule has 2 aromatic carbocycles. The predicted octanol–water partition coefficient (Wildman–Crippen LogP) is 3.74. The predicted molar refractivity (Wildman–Crippen MR) is 106 cm³/mol. The van der Waals surface area contributed by atoms with E-state index in [1.54, 1.807) is 22.8 Å². The second kappa shape index (κ2) is 6.98. The molecule has 0 bridgehead atoms. The van der Waals surface area contributed by atoms with Crippen LogP contribution in [0.5, 0.6) is 0 Å². The summed E-state index contributed by atoms with van der Waals surface area (Å²) in [6, 6.07) is 10.5. The topological polar surface area (TPSA) is 68.2 Å². The molecule has 0 saturated carbocycles. The van der Waals surface area contributed by atoms with E-state index in [1.807, 2.05) is 45.9 Å². The minimum absolute atomic E-state index is 0.0752. The molecule has 7 heteroatoms. The summed E-state index contributed by atoms with van der Waals surface area (Å²) < 4.78 is 30.7. The van der Waals surface area contributed by atoms with Crippen LogP contribution in [0.2, 0.25) is 0 Å². The standard InChI is InChI=1S/C19H22N2O3S2/c1-5-21-17-9-8-15(11-18(17)25-19(21)22)26(23,24)20-14(4)16-10-12(2)6-7-13(16)3/h6-11,14,20H,5H2,1-4H3/t14-/m1/s1. The van der Waals surface area contributed by atoms with Crippen molar-refractivity contribution in [1.29, 1.82) is 0 Å². The summed E-state index contributed by atoms with van der Waals surface area (Å²) in [5.41, 5.74) is 3.85. The Morgan fingerprint density at radius 1 is 1.15 bits per heavy atom. The average Bonchev–Trinajstić information content (AvgIpc) is 2.90. The molecule has 1 heterocycles. The van der Waals surface area contributed by atoms with Gasteiger partial charge in [-0.05, 0) is 57.0 Å². The van der Waals surface area contributed by atoms with Gasteiger partial charge in [-0.25, -0.2) is 13.1 Å². The van der Waals surface area contributed by atoms with E-state index in [0.717, 1.165) is 33.5 Å². The van der Waals surface area contributed by atoms with E-state index in [0.29, 0.717) is 11.2 Å². The molecular weight excluding hydrogens is 368 g/mol. The highest BCUT2D eigenvalue weighted by Crippen LogP contribution is 2.24. The summed E-state index contributed by atoms with van der Waals surface area (Å²) in [5.74, 6) is 0. The Labute approximate surface area is 157 Å². The number of hydrogen-bond donors (Lipinski definition) is 1. The quantitative estimate of drug-likeness (QED) is 0.722. The Morgan fingerprint density at radius 2 is 1.88 bits per heavy atom. The van der Waals surface area contributed by atoms with Gasteiger partial charge in [0.25, 0.3) is 0 Å². The molecule has 0 radical (unpaired) electrons. The number of rotatable bonds is 5. The van der Waals surface area contributed by atoms with E-state index in [2.05, 4.69) is 4.72 Å². The Kier molecular flexibility index (Phi) is 5.05. The SMILES string of the molecule is CCn1c(=O)sc2cc(S(=O)(=O)N[C@H](C)c3cc(C)ccc3C)ccc21. The third-order valence-electron chi connectivity index (χ3n) is 4.50. The molecule has 0 fully saturated rings. The van der Waals surface area contributed by atoms with Crippen molar-refractivity contribution in [3.63, 3.8) is 0 Å². The van der Waals surface area contributed by atoms with Gasteiger partial charge in [0, 0.05) is 12.6 Å². The third-order valence-corrected chi connectivity index (χ3v) is 6.98. The van der Waals surface area contributed by atoms with Gasteiger partial charge in [-0.15, -0.1) is 0 Å². The summed E-state index contributed by atoms with van der Waals surface area (Å²) in [7, 11) is -3.69. The van der Waals surface area contributed by atoms with E-state index in [-0.39, 0.29) is 15.8 Å². The van der Waals surface area contributed by atoms with E-state index < -0.39 is 10.0 Å². The Hall–Kier alpha value is -1.96. The lowest BCUT2D eigenvalue weighted by molar-refractivity contribution is 0.566. The average molecular weight is 391 g/mol. The second-order valence-corrected chi connectivity index (χ2v) is 9.15. The van der Waals surface area contributed by atoms with Crippen LogP contribution >= 0.6 is 11.3 Å². The van der Waals surface area contributed by atoms with Crippen molar-refractivity contribution in [2.24, 2.45) is 0 Å². The maximum atomic E-state index is 12.8. The molecule has 3 rings (SSSR count). The van der Waals surface area contributed by atoms with Crippen LogP contribution in [0, 0.1) is 13.8 Å². The minimum Gasteiger partial charge on any atom is -0.299 e. The number of sulfonamides is 1. The molecule has 0 aliphatic carbocycles. The molecule has 3 aromatic rings. The van der Waals surface area contributed by atoms with Crippen molar-refractivity contribution in [2.45, 2.75) is 45.2 Å². The van der Waals surface area contributed by atoms with Crippen LogP contribution in [0.4, 0.5) is 0 Å². The van der Waals surface area contributed by atoms with E-state index in [4.69, 9.17) is 0 Å². The molecule has 0 saturated heterocycles. The van der Waals surface area contributed by atoms with Crippen LogP contribution in [0.1, 0.15) is 36.6 Å². The molecule has 26 heavy (non-hydrogen) atoms. The zero-order valence-electron chi connectivity index (χ0n) is 15.2. The molecule has 0 amide bonds. The van der Waals surface area contributed by atoms with Gasteiger partial charge in [0.15, 0.2) is 0 Å². The number of aryl methyl sites for hydroxylation is 3. The molecule has 5 nitrogen and oxygen atoms in total. The Morgan fingerprint density at radius 3 is 2.58 bits per heavy atom. The normalized spacial score (nSPS) is 13.2. The van der Waals surface area contributed by atoms with Crippen molar-refractivity contribution in [3.05, 3.63) is 62.8 Å². The lowest BCUT2D eigenvalue weighted by atomic mass is 10.0. The smallest absolute Gasteiger partial charge is 0.299 e. The monoisotopic (exact) mass is 390 g/mol. The van der Waals surface area contributed by atoms with Crippen molar-refractivity contribution < 1.29 is 8.42 Å². The van der Waals surface area contributed by atoms with Crippen molar-refractivity contribution in [2.75, 3.05) is 0 Å². The van der Waals surface area contributed by atoms with Crippen LogP contribution < -0.4 is 9.60 Å². The fourth-order valence-corrected chi connectivity index (χ4v) is 5.42. The van der Waals surface area contributed by atoms with Gasteiger partial charge in [0.05, 0.1) is 15.1 Å². The number of nitrogens with one attached hydrogen (secondary N) is 1.